The van der Waals surface area contributed by atoms with Gasteiger partial charge in [-0.1, -0.05) is 44.7 Å². The van der Waals surface area contributed by atoms with Crippen LogP contribution in [0.3, 0.4) is 0 Å². The van der Waals surface area contributed by atoms with Gasteiger partial charge in [0.05, 0.1) is 0 Å². The molecule has 0 bridgehead atoms. The Morgan fingerprint density at radius 3 is 2.74 bits per heavy atom. The molecule has 1 heterocycles. The molecule has 2 atom stereocenters. The van der Waals surface area contributed by atoms with Crippen molar-refractivity contribution in [2.45, 2.75) is 49.9 Å². The summed E-state index contributed by atoms with van der Waals surface area (Å²) in [7, 11) is 0. The highest BCUT2D eigenvalue weighted by Gasteiger charge is 2.33. The van der Waals surface area contributed by atoms with Crippen LogP contribution in [0.2, 0.25) is 0 Å². The van der Waals surface area contributed by atoms with Crippen molar-refractivity contribution >= 4 is 37.5 Å². The minimum atomic E-state index is 0.793. The average molecular weight is 387 g/mol. The van der Waals surface area contributed by atoms with Gasteiger partial charge in [0.15, 0.2) is 0 Å². The van der Waals surface area contributed by atoms with Crippen molar-refractivity contribution in [3.8, 4) is 0 Å². The monoisotopic (exact) mass is 385 g/mol. The Bertz CT molecular complexity index is 444. The molecule has 0 radical (unpaired) electrons. The van der Waals surface area contributed by atoms with Crippen molar-refractivity contribution in [2.24, 2.45) is 5.92 Å². The van der Waals surface area contributed by atoms with Gasteiger partial charge in [0.25, 0.3) is 0 Å². The Hall–Kier alpha value is -0.0200. The molecule has 1 aromatic rings. The van der Waals surface area contributed by atoms with Gasteiger partial charge >= 0.3 is 0 Å². The van der Waals surface area contributed by atoms with E-state index < -0.39 is 0 Å². The molecule has 19 heavy (non-hydrogen) atoms. The van der Waals surface area contributed by atoms with Gasteiger partial charge < -0.3 is 4.90 Å². The van der Waals surface area contributed by atoms with Crippen LogP contribution < -0.4 is 4.90 Å². The molecule has 2 fully saturated rings. The maximum Gasteiger partial charge on any atom is 0.0410 e. The second-order valence-electron chi connectivity index (χ2n) is 5.85. The van der Waals surface area contributed by atoms with Crippen molar-refractivity contribution in [3.05, 3.63) is 28.2 Å². The highest BCUT2D eigenvalue weighted by atomic mass is 79.9. The maximum atomic E-state index is 3.65. The van der Waals surface area contributed by atoms with Crippen LogP contribution in [-0.2, 0) is 5.33 Å². The molecule has 2 aliphatic rings. The summed E-state index contributed by atoms with van der Waals surface area (Å²) in [6.07, 6.45) is 8.50. The Kier molecular flexibility index (Phi) is 4.53. The summed E-state index contributed by atoms with van der Waals surface area (Å²) in [5, 5.41) is 0.940. The summed E-state index contributed by atoms with van der Waals surface area (Å²) in [5.41, 5.74) is 2.87. The van der Waals surface area contributed by atoms with Gasteiger partial charge in [0, 0.05) is 28.1 Å². The Labute approximate surface area is 133 Å². The molecule has 3 rings (SSSR count). The van der Waals surface area contributed by atoms with Crippen LogP contribution >= 0.6 is 31.9 Å². The first-order chi connectivity index (χ1) is 9.29. The second kappa shape index (κ2) is 6.17. The molecular weight excluding hydrogens is 366 g/mol. The van der Waals surface area contributed by atoms with E-state index in [9.17, 15) is 0 Å². The highest BCUT2D eigenvalue weighted by molar-refractivity contribution is 9.10. The number of anilines is 1. The molecule has 1 saturated carbocycles. The lowest BCUT2D eigenvalue weighted by molar-refractivity contribution is 0.243. The van der Waals surface area contributed by atoms with Crippen molar-refractivity contribution in [2.75, 3.05) is 11.4 Å². The molecule has 1 aromatic carbocycles. The number of halogens is 2. The van der Waals surface area contributed by atoms with E-state index in [0.29, 0.717) is 0 Å². The van der Waals surface area contributed by atoms with Crippen LogP contribution in [0, 0.1) is 5.92 Å². The van der Waals surface area contributed by atoms with Crippen molar-refractivity contribution in [1.82, 2.24) is 0 Å². The van der Waals surface area contributed by atoms with E-state index in [-0.39, 0.29) is 0 Å². The van der Waals surface area contributed by atoms with Gasteiger partial charge in [-0.25, -0.2) is 0 Å². The molecule has 1 aliphatic carbocycles. The van der Waals surface area contributed by atoms with Gasteiger partial charge in [-0.05, 0) is 55.4 Å². The van der Waals surface area contributed by atoms with Crippen molar-refractivity contribution in [3.63, 3.8) is 0 Å². The first kappa shape index (κ1) is 13.9. The third kappa shape index (κ3) is 2.87. The van der Waals surface area contributed by atoms with Crippen LogP contribution in [-0.4, -0.2) is 12.6 Å². The lowest BCUT2D eigenvalue weighted by atomic mass is 9.78. The number of piperidine rings is 1. The molecule has 104 valence electrons. The van der Waals surface area contributed by atoms with Gasteiger partial charge in [-0.2, -0.15) is 0 Å². The molecule has 1 saturated heterocycles. The fourth-order valence-electron chi connectivity index (χ4n) is 3.87. The van der Waals surface area contributed by atoms with Crippen LogP contribution in [0.5, 0.6) is 0 Å². The molecule has 0 aromatic heterocycles. The Morgan fingerprint density at radius 2 is 1.89 bits per heavy atom. The predicted molar refractivity (Wildman–Crippen MR) is 89.1 cm³/mol. The smallest absolute Gasteiger partial charge is 0.0410 e. The molecule has 3 heteroatoms. The number of benzene rings is 1. The highest BCUT2D eigenvalue weighted by Crippen LogP contribution is 2.39. The zero-order chi connectivity index (χ0) is 13.2. The topological polar surface area (TPSA) is 3.24 Å². The molecule has 0 spiro atoms. The van der Waals surface area contributed by atoms with Gasteiger partial charge in [-0.15, -0.1) is 0 Å². The summed E-state index contributed by atoms with van der Waals surface area (Å²) in [6.45, 7) is 1.24. The van der Waals surface area contributed by atoms with E-state index >= 15 is 0 Å². The first-order valence-corrected chi connectivity index (χ1v) is 9.32. The van der Waals surface area contributed by atoms with Crippen LogP contribution in [0.15, 0.2) is 22.7 Å². The number of alkyl halides is 1. The molecule has 0 N–H and O–H groups in total. The fourth-order valence-corrected chi connectivity index (χ4v) is 4.72. The lowest BCUT2D eigenvalue weighted by Gasteiger charge is -2.46. The zero-order valence-corrected chi connectivity index (χ0v) is 14.4. The molecule has 0 amide bonds. The standard InChI is InChI=1S/C16H21Br2N/c17-11-13-10-14(18)7-8-16(13)19-9-3-5-12-4-1-2-6-15(12)19/h7-8,10,12,15H,1-6,9,11H2. The van der Waals surface area contributed by atoms with Gasteiger partial charge in [0.2, 0.25) is 0 Å². The molecule has 1 aliphatic heterocycles. The normalized spacial score (nSPS) is 27.2. The number of nitrogens with zero attached hydrogens (tertiary/aromatic N) is 1. The SMILES string of the molecule is BrCc1cc(Br)ccc1N1CCCC2CCCCC21. The van der Waals surface area contributed by atoms with Crippen molar-refractivity contribution < 1.29 is 0 Å². The maximum absolute atomic E-state index is 3.65. The number of hydrogen-bond acceptors (Lipinski definition) is 1. The summed E-state index contributed by atoms with van der Waals surface area (Å²) >= 11 is 7.24. The molecule has 2 unspecified atom stereocenters. The van der Waals surface area contributed by atoms with Crippen LogP contribution in [0.4, 0.5) is 5.69 Å². The minimum absolute atomic E-state index is 0.793. The zero-order valence-electron chi connectivity index (χ0n) is 11.2. The fraction of sp³-hybridized carbons (Fsp3) is 0.625. The van der Waals surface area contributed by atoms with Crippen LogP contribution in [0.1, 0.15) is 44.1 Å². The van der Waals surface area contributed by atoms with E-state index in [1.807, 2.05) is 0 Å². The average Bonchev–Trinajstić information content (AvgIpc) is 2.46. The number of rotatable bonds is 2. The minimum Gasteiger partial charge on any atom is -0.368 e. The molecule has 1 nitrogen and oxygen atoms in total. The quantitative estimate of drug-likeness (QED) is 0.606. The van der Waals surface area contributed by atoms with Crippen LogP contribution in [0.25, 0.3) is 0 Å². The van der Waals surface area contributed by atoms with Crippen molar-refractivity contribution in [1.29, 1.82) is 0 Å². The van der Waals surface area contributed by atoms with Gasteiger partial charge in [-0.3, -0.25) is 0 Å². The molecular formula is C16H21Br2N. The summed E-state index contributed by atoms with van der Waals surface area (Å²) in [5.74, 6) is 0.939. The predicted octanol–water partition coefficient (Wildman–Crippen LogP) is 5.50. The third-order valence-electron chi connectivity index (χ3n) is 4.74. The number of hydrogen-bond donors (Lipinski definition) is 0. The third-order valence-corrected chi connectivity index (χ3v) is 5.84. The second-order valence-corrected chi connectivity index (χ2v) is 7.33. The Balaban J connectivity index is 1.91. The van der Waals surface area contributed by atoms with E-state index in [1.165, 1.54) is 60.8 Å². The largest absolute Gasteiger partial charge is 0.368 e. The van der Waals surface area contributed by atoms with E-state index in [4.69, 9.17) is 0 Å². The summed E-state index contributed by atoms with van der Waals surface area (Å²) < 4.78 is 1.18. The van der Waals surface area contributed by atoms with E-state index in [2.05, 4.69) is 55.0 Å². The lowest BCUT2D eigenvalue weighted by Crippen LogP contribution is -2.47. The van der Waals surface area contributed by atoms with E-state index in [1.54, 1.807) is 0 Å². The summed E-state index contributed by atoms with van der Waals surface area (Å²) in [6, 6.07) is 7.55. The van der Waals surface area contributed by atoms with Gasteiger partial charge in [0.1, 0.15) is 0 Å². The number of fused-ring (bicyclic) bond motifs is 1. The van der Waals surface area contributed by atoms with E-state index in [0.717, 1.165) is 17.3 Å². The Morgan fingerprint density at radius 1 is 1.11 bits per heavy atom. The first-order valence-electron chi connectivity index (χ1n) is 7.40. The summed E-state index contributed by atoms with van der Waals surface area (Å²) in [4.78, 5) is 2.70.